The average Bonchev–Trinajstić information content (AvgIpc) is 1.99. The van der Waals surface area contributed by atoms with Crippen LogP contribution in [0.4, 0.5) is 5.82 Å². The summed E-state index contributed by atoms with van der Waals surface area (Å²) in [5, 5.41) is 8.95. The Labute approximate surface area is 81.0 Å². The molecular weight excluding hydrogens is 182 g/mol. The zero-order chi connectivity index (χ0) is 10.1. The first-order chi connectivity index (χ1) is 6.70. The Morgan fingerprint density at radius 2 is 2.21 bits per heavy atom. The second kappa shape index (κ2) is 3.25. The largest absolute Gasteiger partial charge is 0.477 e. The first-order valence-corrected chi connectivity index (χ1v) is 4.54. The molecule has 74 valence electrons. The van der Waals surface area contributed by atoms with E-state index in [2.05, 4.69) is 9.97 Å². The third-order valence-electron chi connectivity index (χ3n) is 2.61. The van der Waals surface area contributed by atoms with Gasteiger partial charge in [-0.3, -0.25) is 0 Å². The Kier molecular flexibility index (Phi) is 2.07. The van der Waals surface area contributed by atoms with E-state index in [1.807, 2.05) is 0 Å². The monoisotopic (exact) mass is 193 g/mol. The number of carboxylic acid groups (broad SMARTS) is 1. The van der Waals surface area contributed by atoms with Gasteiger partial charge in [-0.1, -0.05) is 6.42 Å². The molecule has 0 amide bonds. The van der Waals surface area contributed by atoms with Crippen molar-refractivity contribution in [2.75, 3.05) is 5.73 Å². The number of carbonyl (C=O) groups is 1. The van der Waals surface area contributed by atoms with Crippen molar-refractivity contribution in [3.8, 4) is 0 Å². The van der Waals surface area contributed by atoms with Crippen LogP contribution in [0.2, 0.25) is 0 Å². The van der Waals surface area contributed by atoms with Gasteiger partial charge in [0.2, 0.25) is 0 Å². The number of aromatic carboxylic acids is 1. The molecule has 3 N–H and O–H groups in total. The molecule has 1 saturated carbocycles. The van der Waals surface area contributed by atoms with E-state index in [0.717, 1.165) is 19.3 Å². The Hall–Kier alpha value is -1.65. The number of nitrogens with two attached hydrogens (primary N) is 1. The van der Waals surface area contributed by atoms with Crippen molar-refractivity contribution in [2.24, 2.45) is 0 Å². The lowest BCUT2D eigenvalue weighted by atomic mass is 9.81. The second-order valence-electron chi connectivity index (χ2n) is 3.45. The number of nitrogens with zero attached hydrogens (tertiary/aromatic N) is 2. The van der Waals surface area contributed by atoms with Crippen molar-refractivity contribution in [3.63, 3.8) is 0 Å². The standard InChI is InChI=1S/C9H11N3O2/c10-8-6(9(13)14)7(11-4-12-8)5-2-1-3-5/h4-5H,1-3H2,(H,13,14)(H2,10,11,12). The van der Waals surface area contributed by atoms with Gasteiger partial charge >= 0.3 is 5.97 Å². The summed E-state index contributed by atoms with van der Waals surface area (Å²) in [6, 6.07) is 0. The SMILES string of the molecule is Nc1ncnc(C2CCC2)c1C(=O)O. The van der Waals surface area contributed by atoms with E-state index < -0.39 is 5.97 Å². The van der Waals surface area contributed by atoms with Crippen molar-refractivity contribution in [1.29, 1.82) is 0 Å². The van der Waals surface area contributed by atoms with Crippen LogP contribution in [0.1, 0.15) is 41.2 Å². The van der Waals surface area contributed by atoms with Gasteiger partial charge in [0.05, 0.1) is 5.69 Å². The molecule has 0 radical (unpaired) electrons. The van der Waals surface area contributed by atoms with Crippen LogP contribution in [0.25, 0.3) is 0 Å². The molecule has 1 aromatic rings. The number of hydrogen-bond acceptors (Lipinski definition) is 4. The Morgan fingerprint density at radius 3 is 2.71 bits per heavy atom. The maximum atomic E-state index is 10.9. The van der Waals surface area contributed by atoms with Gasteiger partial charge in [-0.05, 0) is 12.8 Å². The van der Waals surface area contributed by atoms with Crippen LogP contribution >= 0.6 is 0 Å². The highest BCUT2D eigenvalue weighted by Gasteiger charge is 2.27. The predicted octanol–water partition coefficient (Wildman–Crippen LogP) is 1.02. The van der Waals surface area contributed by atoms with Crippen molar-refractivity contribution >= 4 is 11.8 Å². The molecule has 5 heteroatoms. The zero-order valence-corrected chi connectivity index (χ0v) is 7.60. The lowest BCUT2D eigenvalue weighted by molar-refractivity contribution is 0.0694. The van der Waals surface area contributed by atoms with E-state index in [1.165, 1.54) is 6.33 Å². The van der Waals surface area contributed by atoms with Crippen LogP contribution in [0.15, 0.2) is 6.33 Å². The summed E-state index contributed by atoms with van der Waals surface area (Å²) in [4.78, 5) is 18.6. The number of nitrogen functional groups attached to an aromatic ring is 1. The second-order valence-corrected chi connectivity index (χ2v) is 3.45. The van der Waals surface area contributed by atoms with Crippen LogP contribution in [-0.2, 0) is 0 Å². The first-order valence-electron chi connectivity index (χ1n) is 4.54. The molecule has 0 spiro atoms. The number of hydrogen-bond donors (Lipinski definition) is 2. The lowest BCUT2D eigenvalue weighted by Gasteiger charge is -2.25. The van der Waals surface area contributed by atoms with E-state index in [9.17, 15) is 4.79 Å². The Balaban J connectivity index is 2.46. The molecule has 1 heterocycles. The fourth-order valence-corrected chi connectivity index (χ4v) is 1.62. The van der Waals surface area contributed by atoms with Crippen LogP contribution in [0.3, 0.4) is 0 Å². The van der Waals surface area contributed by atoms with Gasteiger partial charge in [-0.15, -0.1) is 0 Å². The minimum atomic E-state index is -1.04. The molecule has 1 aromatic heterocycles. The minimum absolute atomic E-state index is 0.0643. The van der Waals surface area contributed by atoms with E-state index in [4.69, 9.17) is 10.8 Å². The van der Waals surface area contributed by atoms with Crippen molar-refractivity contribution in [2.45, 2.75) is 25.2 Å². The molecule has 0 unspecified atom stereocenters. The van der Waals surface area contributed by atoms with Gasteiger partial charge in [0.15, 0.2) is 0 Å². The molecule has 5 nitrogen and oxygen atoms in total. The highest BCUT2D eigenvalue weighted by molar-refractivity contribution is 5.93. The number of carboxylic acids is 1. The van der Waals surface area contributed by atoms with E-state index in [-0.39, 0.29) is 17.3 Å². The third-order valence-corrected chi connectivity index (χ3v) is 2.61. The topological polar surface area (TPSA) is 89.1 Å². The smallest absolute Gasteiger partial charge is 0.341 e. The molecular formula is C9H11N3O2. The van der Waals surface area contributed by atoms with Gasteiger partial charge in [0.25, 0.3) is 0 Å². The molecule has 0 bridgehead atoms. The van der Waals surface area contributed by atoms with Crippen molar-refractivity contribution in [3.05, 3.63) is 17.6 Å². The van der Waals surface area contributed by atoms with Crippen LogP contribution in [-0.4, -0.2) is 21.0 Å². The molecule has 0 atom stereocenters. The molecule has 0 aliphatic heterocycles. The van der Waals surface area contributed by atoms with E-state index >= 15 is 0 Å². The summed E-state index contributed by atoms with van der Waals surface area (Å²) in [6.45, 7) is 0. The quantitative estimate of drug-likeness (QED) is 0.732. The van der Waals surface area contributed by atoms with Crippen LogP contribution in [0.5, 0.6) is 0 Å². The normalized spacial score (nSPS) is 16.3. The summed E-state index contributed by atoms with van der Waals surface area (Å²) >= 11 is 0. The summed E-state index contributed by atoms with van der Waals surface area (Å²) in [6.07, 6.45) is 4.45. The molecule has 1 aliphatic rings. The maximum Gasteiger partial charge on any atom is 0.341 e. The van der Waals surface area contributed by atoms with Crippen LogP contribution in [0, 0.1) is 0 Å². The fraction of sp³-hybridized carbons (Fsp3) is 0.444. The average molecular weight is 193 g/mol. The van der Waals surface area contributed by atoms with Crippen LogP contribution < -0.4 is 5.73 Å². The lowest BCUT2D eigenvalue weighted by Crippen LogP contribution is -2.18. The summed E-state index contributed by atoms with van der Waals surface area (Å²) in [7, 11) is 0. The predicted molar refractivity (Wildman–Crippen MR) is 50.0 cm³/mol. The maximum absolute atomic E-state index is 10.9. The van der Waals surface area contributed by atoms with Gasteiger partial charge in [-0.25, -0.2) is 14.8 Å². The highest BCUT2D eigenvalue weighted by Crippen LogP contribution is 2.37. The summed E-state index contributed by atoms with van der Waals surface area (Å²) < 4.78 is 0. The Morgan fingerprint density at radius 1 is 1.50 bits per heavy atom. The zero-order valence-electron chi connectivity index (χ0n) is 7.60. The van der Waals surface area contributed by atoms with E-state index in [0.29, 0.717) is 5.69 Å². The molecule has 0 saturated heterocycles. The summed E-state index contributed by atoms with van der Waals surface area (Å²) in [5.41, 5.74) is 6.18. The number of anilines is 1. The number of aromatic nitrogens is 2. The fourth-order valence-electron chi connectivity index (χ4n) is 1.62. The molecule has 2 rings (SSSR count). The van der Waals surface area contributed by atoms with Crippen molar-refractivity contribution < 1.29 is 9.90 Å². The molecule has 14 heavy (non-hydrogen) atoms. The van der Waals surface area contributed by atoms with E-state index in [1.54, 1.807) is 0 Å². The number of rotatable bonds is 2. The molecule has 0 aromatic carbocycles. The first kappa shape index (κ1) is 8.93. The molecule has 1 aliphatic carbocycles. The third kappa shape index (κ3) is 1.30. The minimum Gasteiger partial charge on any atom is -0.477 e. The van der Waals surface area contributed by atoms with Gasteiger partial charge in [-0.2, -0.15) is 0 Å². The van der Waals surface area contributed by atoms with Crippen molar-refractivity contribution in [1.82, 2.24) is 9.97 Å². The van der Waals surface area contributed by atoms with Gasteiger partial charge in [0.1, 0.15) is 17.7 Å². The van der Waals surface area contributed by atoms with Gasteiger partial charge in [0, 0.05) is 5.92 Å². The highest BCUT2D eigenvalue weighted by atomic mass is 16.4. The molecule has 1 fully saturated rings. The Bertz CT molecular complexity index is 374. The van der Waals surface area contributed by atoms with Gasteiger partial charge < -0.3 is 10.8 Å². The summed E-state index contributed by atoms with van der Waals surface area (Å²) in [5.74, 6) is -0.717.